The number of urea groups is 1. The van der Waals surface area contributed by atoms with E-state index in [0.29, 0.717) is 6.10 Å². The molecule has 2 rings (SSSR count). The molecule has 1 N–H and O–H groups in total. The number of carbonyl (C=O) groups is 1. The number of nitrogens with one attached hydrogen (secondary N) is 1. The minimum atomic E-state index is 0.0884. The monoisotopic (exact) mass is 298 g/mol. The van der Waals surface area contributed by atoms with E-state index in [9.17, 15) is 4.79 Å². The van der Waals surface area contributed by atoms with E-state index in [-0.39, 0.29) is 6.03 Å². The number of rotatable bonds is 6. The predicted molar refractivity (Wildman–Crippen MR) is 83.6 cm³/mol. The Labute approximate surface area is 128 Å². The molecule has 2 saturated heterocycles. The number of amides is 2. The van der Waals surface area contributed by atoms with Crippen LogP contribution in [0, 0.1) is 0 Å². The van der Waals surface area contributed by atoms with Gasteiger partial charge in [0.25, 0.3) is 0 Å². The summed E-state index contributed by atoms with van der Waals surface area (Å²) in [6.07, 6.45) is 3.79. The smallest absolute Gasteiger partial charge is 0.317 e. The average Bonchev–Trinajstić information content (AvgIpc) is 2.97. The predicted octanol–water partition coefficient (Wildman–Crippen LogP) is 0.444. The quantitative estimate of drug-likeness (QED) is 0.723. The molecule has 6 nitrogen and oxygen atoms in total. The maximum absolute atomic E-state index is 12.1. The zero-order chi connectivity index (χ0) is 15.1. The van der Waals surface area contributed by atoms with Gasteiger partial charge in [-0.3, -0.25) is 4.90 Å². The Hall–Kier alpha value is -0.850. The summed E-state index contributed by atoms with van der Waals surface area (Å²) in [5.41, 5.74) is 0. The highest BCUT2D eigenvalue weighted by molar-refractivity contribution is 5.74. The second-order valence-electron chi connectivity index (χ2n) is 6.31. The molecule has 1 atom stereocenters. The number of hydrogen-bond donors (Lipinski definition) is 1. The number of piperazine rings is 1. The van der Waals surface area contributed by atoms with Crippen LogP contribution in [0.15, 0.2) is 0 Å². The fraction of sp³-hybridized carbons (Fsp3) is 0.933. The van der Waals surface area contributed by atoms with E-state index in [0.717, 1.165) is 58.8 Å². The van der Waals surface area contributed by atoms with E-state index >= 15 is 0 Å². The summed E-state index contributed by atoms with van der Waals surface area (Å²) in [5, 5.41) is 3.01. The first-order valence-electron chi connectivity index (χ1n) is 8.16. The van der Waals surface area contributed by atoms with Crippen molar-refractivity contribution in [1.29, 1.82) is 0 Å². The molecule has 0 aromatic heterocycles. The summed E-state index contributed by atoms with van der Waals surface area (Å²) < 4.78 is 5.68. The van der Waals surface area contributed by atoms with Crippen molar-refractivity contribution in [1.82, 2.24) is 20.0 Å². The van der Waals surface area contributed by atoms with Crippen molar-refractivity contribution < 1.29 is 9.53 Å². The highest BCUT2D eigenvalue weighted by atomic mass is 16.5. The summed E-state index contributed by atoms with van der Waals surface area (Å²) in [6.45, 7) is 7.29. The van der Waals surface area contributed by atoms with Gasteiger partial charge in [-0.1, -0.05) is 0 Å². The van der Waals surface area contributed by atoms with Crippen LogP contribution in [0.25, 0.3) is 0 Å². The van der Waals surface area contributed by atoms with Gasteiger partial charge in [0.15, 0.2) is 0 Å². The van der Waals surface area contributed by atoms with Crippen LogP contribution in [0.4, 0.5) is 4.79 Å². The topological polar surface area (TPSA) is 48.1 Å². The lowest BCUT2D eigenvalue weighted by Gasteiger charge is -2.35. The third-order valence-electron chi connectivity index (χ3n) is 4.20. The van der Waals surface area contributed by atoms with Gasteiger partial charge in [-0.2, -0.15) is 0 Å². The fourth-order valence-corrected chi connectivity index (χ4v) is 2.91. The van der Waals surface area contributed by atoms with E-state index in [1.807, 2.05) is 4.90 Å². The summed E-state index contributed by atoms with van der Waals surface area (Å²) >= 11 is 0. The molecule has 2 fully saturated rings. The summed E-state index contributed by atoms with van der Waals surface area (Å²) in [4.78, 5) is 18.5. The molecule has 0 bridgehead atoms. The Kier molecular flexibility index (Phi) is 6.73. The molecule has 0 spiro atoms. The Bertz CT molecular complexity index is 311. The van der Waals surface area contributed by atoms with Gasteiger partial charge in [-0.05, 0) is 39.9 Å². The van der Waals surface area contributed by atoms with Crippen LogP contribution < -0.4 is 5.32 Å². The Morgan fingerprint density at radius 3 is 2.67 bits per heavy atom. The van der Waals surface area contributed by atoms with Crippen LogP contribution in [-0.4, -0.2) is 93.4 Å². The molecular formula is C15H30N4O2. The molecule has 0 aromatic rings. The average molecular weight is 298 g/mol. The summed E-state index contributed by atoms with van der Waals surface area (Å²) in [6, 6.07) is 0.0884. The Morgan fingerprint density at radius 2 is 2.05 bits per heavy atom. The molecule has 0 radical (unpaired) electrons. The van der Waals surface area contributed by atoms with Crippen LogP contribution in [0.2, 0.25) is 0 Å². The molecule has 21 heavy (non-hydrogen) atoms. The molecule has 1 unspecified atom stereocenters. The van der Waals surface area contributed by atoms with Crippen molar-refractivity contribution in [2.24, 2.45) is 0 Å². The van der Waals surface area contributed by atoms with Crippen molar-refractivity contribution in [3.05, 3.63) is 0 Å². The van der Waals surface area contributed by atoms with E-state index in [2.05, 4.69) is 29.2 Å². The Balaban J connectivity index is 1.58. The lowest BCUT2D eigenvalue weighted by Crippen LogP contribution is -2.53. The minimum absolute atomic E-state index is 0.0884. The lowest BCUT2D eigenvalue weighted by molar-refractivity contribution is 0.0561. The van der Waals surface area contributed by atoms with Gasteiger partial charge in [0, 0.05) is 45.9 Å². The summed E-state index contributed by atoms with van der Waals surface area (Å²) in [7, 11) is 4.10. The van der Waals surface area contributed by atoms with Gasteiger partial charge in [0.05, 0.1) is 6.10 Å². The van der Waals surface area contributed by atoms with Gasteiger partial charge < -0.3 is 19.9 Å². The molecule has 0 saturated carbocycles. The van der Waals surface area contributed by atoms with E-state index in [4.69, 9.17) is 4.74 Å². The third-order valence-corrected chi connectivity index (χ3v) is 4.20. The zero-order valence-electron chi connectivity index (χ0n) is 13.5. The molecule has 0 aliphatic carbocycles. The normalized spacial score (nSPS) is 23.8. The minimum Gasteiger partial charge on any atom is -0.377 e. The number of hydrogen-bond acceptors (Lipinski definition) is 4. The van der Waals surface area contributed by atoms with Gasteiger partial charge in [-0.15, -0.1) is 0 Å². The third kappa shape index (κ3) is 5.80. The molecule has 2 amide bonds. The molecule has 2 aliphatic heterocycles. The van der Waals surface area contributed by atoms with Crippen molar-refractivity contribution in [3.8, 4) is 0 Å². The maximum atomic E-state index is 12.1. The molecule has 6 heteroatoms. The van der Waals surface area contributed by atoms with Crippen LogP contribution >= 0.6 is 0 Å². The first-order valence-corrected chi connectivity index (χ1v) is 8.16. The van der Waals surface area contributed by atoms with Gasteiger partial charge >= 0.3 is 6.03 Å². The van der Waals surface area contributed by atoms with Gasteiger partial charge in [0.1, 0.15) is 0 Å². The molecule has 0 aromatic carbocycles. The first kappa shape index (κ1) is 16.5. The van der Waals surface area contributed by atoms with Crippen LogP contribution in [0.3, 0.4) is 0 Å². The van der Waals surface area contributed by atoms with Crippen molar-refractivity contribution in [2.75, 3.05) is 66.5 Å². The standard InChI is InChI=1S/C15H30N4O2/c1-17(2)7-4-6-16-15(20)19-10-8-18(9-11-19)13-14-5-3-12-21-14/h14H,3-13H2,1-2H3,(H,16,20). The number of nitrogens with zero attached hydrogens (tertiary/aromatic N) is 3. The number of ether oxygens (including phenoxy) is 1. The fourth-order valence-electron chi connectivity index (χ4n) is 2.91. The summed E-state index contributed by atoms with van der Waals surface area (Å²) in [5.74, 6) is 0. The van der Waals surface area contributed by atoms with E-state index in [1.165, 1.54) is 12.8 Å². The largest absolute Gasteiger partial charge is 0.377 e. The van der Waals surface area contributed by atoms with E-state index < -0.39 is 0 Å². The van der Waals surface area contributed by atoms with Crippen molar-refractivity contribution in [2.45, 2.75) is 25.4 Å². The molecule has 2 heterocycles. The lowest BCUT2D eigenvalue weighted by atomic mass is 10.2. The van der Waals surface area contributed by atoms with Crippen molar-refractivity contribution in [3.63, 3.8) is 0 Å². The second-order valence-corrected chi connectivity index (χ2v) is 6.31. The zero-order valence-corrected chi connectivity index (χ0v) is 13.5. The highest BCUT2D eigenvalue weighted by Gasteiger charge is 2.24. The number of carbonyl (C=O) groups excluding carboxylic acids is 1. The van der Waals surface area contributed by atoms with Crippen LogP contribution in [0.5, 0.6) is 0 Å². The Morgan fingerprint density at radius 1 is 1.29 bits per heavy atom. The second kappa shape index (κ2) is 8.56. The SMILES string of the molecule is CN(C)CCCNC(=O)N1CCN(CC2CCCO2)CC1. The van der Waals surface area contributed by atoms with E-state index in [1.54, 1.807) is 0 Å². The van der Waals surface area contributed by atoms with Crippen molar-refractivity contribution >= 4 is 6.03 Å². The molecular weight excluding hydrogens is 268 g/mol. The highest BCUT2D eigenvalue weighted by Crippen LogP contribution is 2.14. The van der Waals surface area contributed by atoms with Crippen LogP contribution in [0.1, 0.15) is 19.3 Å². The van der Waals surface area contributed by atoms with Gasteiger partial charge in [-0.25, -0.2) is 4.79 Å². The molecule has 2 aliphatic rings. The van der Waals surface area contributed by atoms with Gasteiger partial charge in [0.2, 0.25) is 0 Å². The first-order chi connectivity index (χ1) is 10.1. The van der Waals surface area contributed by atoms with Crippen LogP contribution in [-0.2, 0) is 4.74 Å². The maximum Gasteiger partial charge on any atom is 0.317 e. The molecule has 122 valence electrons.